The van der Waals surface area contributed by atoms with E-state index in [4.69, 9.17) is 4.98 Å². The molecule has 3 aromatic heterocycles. The predicted molar refractivity (Wildman–Crippen MR) is 176 cm³/mol. The van der Waals surface area contributed by atoms with Crippen molar-refractivity contribution >= 4 is 50.5 Å². The lowest BCUT2D eigenvalue weighted by Gasteiger charge is -2.30. The molecule has 9 nitrogen and oxygen atoms in total. The highest BCUT2D eigenvalue weighted by molar-refractivity contribution is 7.85. The highest BCUT2D eigenvalue weighted by Gasteiger charge is 2.20. The number of likely N-dealkylation sites (N-methyl/N-ethyl adjacent to an activating group) is 1. The Balaban J connectivity index is 1.32. The minimum Gasteiger partial charge on any atom is -0.381 e. The highest BCUT2D eigenvalue weighted by atomic mass is 32.2. The highest BCUT2D eigenvalue weighted by Crippen LogP contribution is 2.27. The Morgan fingerprint density at radius 1 is 1.09 bits per heavy atom. The molecule has 228 valence electrons. The molecule has 0 aliphatic carbocycles. The fraction of sp³-hybridized carbons (Fsp3) is 0.312. The van der Waals surface area contributed by atoms with Gasteiger partial charge in [0.25, 0.3) is 5.56 Å². The van der Waals surface area contributed by atoms with E-state index in [-0.39, 0.29) is 22.9 Å². The smallest absolute Gasteiger partial charge is 0.260 e. The van der Waals surface area contributed by atoms with Crippen molar-refractivity contribution in [3.8, 4) is 11.1 Å². The van der Waals surface area contributed by atoms with Crippen molar-refractivity contribution < 1.29 is 8.60 Å². The number of halogens is 1. The quantitative estimate of drug-likeness (QED) is 0.208. The number of thiazole rings is 1. The number of hydrogen-bond acceptors (Lipinski definition) is 9. The second-order valence-corrected chi connectivity index (χ2v) is 14.3. The maximum absolute atomic E-state index is 15.4. The number of aromatic nitrogens is 4. The number of fused-ring (bicyclic) bond motifs is 1. The van der Waals surface area contributed by atoms with Crippen LogP contribution in [0.1, 0.15) is 31.7 Å². The lowest BCUT2D eigenvalue weighted by atomic mass is 10.1. The first-order chi connectivity index (χ1) is 21.2. The number of likely N-dealkylation sites (tertiary alicyclic amines) is 1. The predicted octanol–water partition coefficient (Wildman–Crippen LogP) is 5.87. The number of piperidine rings is 1. The molecule has 0 amide bonds. The van der Waals surface area contributed by atoms with Crippen LogP contribution in [-0.4, -0.2) is 60.1 Å². The summed E-state index contributed by atoms with van der Waals surface area (Å²) in [7, 11) is 0.797. The maximum atomic E-state index is 15.4. The number of hydrogen-bond donors (Lipinski definition) is 2. The van der Waals surface area contributed by atoms with Crippen LogP contribution in [0.4, 0.5) is 21.7 Å². The molecule has 1 fully saturated rings. The van der Waals surface area contributed by atoms with E-state index in [2.05, 4.69) is 32.5 Å². The number of anilines is 3. The van der Waals surface area contributed by atoms with Crippen LogP contribution in [0.3, 0.4) is 0 Å². The third-order valence-corrected chi connectivity index (χ3v) is 9.97. The summed E-state index contributed by atoms with van der Waals surface area (Å²) in [6.45, 7) is 5.96. The van der Waals surface area contributed by atoms with E-state index in [1.807, 2.05) is 43.5 Å². The van der Waals surface area contributed by atoms with Crippen LogP contribution >= 0.6 is 11.3 Å². The third-order valence-electron chi connectivity index (χ3n) is 7.63. The molecule has 0 radical (unpaired) electrons. The fourth-order valence-corrected chi connectivity index (χ4v) is 7.01. The lowest BCUT2D eigenvalue weighted by Crippen LogP contribution is -2.39. The summed E-state index contributed by atoms with van der Waals surface area (Å²) in [6.07, 6.45) is 5.64. The van der Waals surface area contributed by atoms with Gasteiger partial charge in [-0.3, -0.25) is 13.6 Å². The average molecular weight is 632 g/mol. The van der Waals surface area contributed by atoms with Crippen molar-refractivity contribution in [1.29, 1.82) is 0 Å². The molecule has 0 saturated carbocycles. The van der Waals surface area contributed by atoms with Crippen molar-refractivity contribution in [2.45, 2.75) is 49.4 Å². The largest absolute Gasteiger partial charge is 0.381 e. The first kappa shape index (κ1) is 30.0. The second kappa shape index (κ2) is 12.9. The molecule has 6 rings (SSSR count). The van der Waals surface area contributed by atoms with Gasteiger partial charge < -0.3 is 15.5 Å². The standard InChI is InChI=1S/C32H34FN7O2S2/c1-20(2)44(42)25-10-11-26(28(33)16-25)27-15-21-17-35-32(38-30(21)40(31(27)41)19-29-34-12-14-43-29)37-23-8-6-22(7-9-23)36-24-5-4-13-39(3)18-24/h6-12,14-17,20,24,36H,4-5,13,18-19H2,1-3H3,(H,35,37,38). The molecule has 2 aromatic carbocycles. The number of pyridine rings is 1. The lowest BCUT2D eigenvalue weighted by molar-refractivity contribution is 0.261. The third kappa shape index (κ3) is 6.57. The van der Waals surface area contributed by atoms with Crippen molar-refractivity contribution in [1.82, 2.24) is 24.4 Å². The van der Waals surface area contributed by atoms with Gasteiger partial charge >= 0.3 is 0 Å². The summed E-state index contributed by atoms with van der Waals surface area (Å²) in [5.74, 6) is -0.278. The van der Waals surface area contributed by atoms with Gasteiger partial charge in [-0.1, -0.05) is 19.9 Å². The van der Waals surface area contributed by atoms with Gasteiger partial charge in [-0.25, -0.2) is 14.4 Å². The number of rotatable bonds is 9. The molecule has 1 aliphatic heterocycles. The van der Waals surface area contributed by atoms with Crippen LogP contribution in [0.2, 0.25) is 0 Å². The molecule has 4 heterocycles. The minimum atomic E-state index is -1.35. The van der Waals surface area contributed by atoms with E-state index in [1.165, 1.54) is 34.5 Å². The average Bonchev–Trinajstić information content (AvgIpc) is 3.53. The Morgan fingerprint density at radius 3 is 2.59 bits per heavy atom. The summed E-state index contributed by atoms with van der Waals surface area (Å²) in [5.41, 5.74) is 2.16. The first-order valence-corrected chi connectivity index (χ1v) is 16.7. The maximum Gasteiger partial charge on any atom is 0.260 e. The molecule has 5 aromatic rings. The Bertz CT molecular complexity index is 1860. The summed E-state index contributed by atoms with van der Waals surface area (Å²) < 4.78 is 29.4. The van der Waals surface area contributed by atoms with Crippen molar-refractivity contribution in [3.63, 3.8) is 0 Å². The Morgan fingerprint density at radius 2 is 1.89 bits per heavy atom. The summed E-state index contributed by atoms with van der Waals surface area (Å²) >= 11 is 1.42. The Labute approximate surface area is 261 Å². The van der Waals surface area contributed by atoms with Crippen LogP contribution < -0.4 is 16.2 Å². The molecular formula is C32H34FN7O2S2. The first-order valence-electron chi connectivity index (χ1n) is 14.6. The Kier molecular flexibility index (Phi) is 8.83. The summed E-state index contributed by atoms with van der Waals surface area (Å²) in [6, 6.07) is 14.4. The topological polar surface area (TPSA) is 105 Å². The van der Waals surface area contributed by atoms with E-state index in [0.717, 1.165) is 30.9 Å². The molecule has 2 unspecified atom stereocenters. The van der Waals surface area contributed by atoms with E-state index >= 15 is 4.39 Å². The molecule has 12 heteroatoms. The second-order valence-electron chi connectivity index (χ2n) is 11.3. The van der Waals surface area contributed by atoms with E-state index < -0.39 is 22.2 Å². The van der Waals surface area contributed by atoms with Crippen molar-refractivity contribution in [2.75, 3.05) is 30.8 Å². The zero-order chi connectivity index (χ0) is 30.8. The van der Waals surface area contributed by atoms with Gasteiger partial charge in [-0.05, 0) is 68.9 Å². The molecule has 0 spiro atoms. The van der Waals surface area contributed by atoms with Crippen LogP contribution in [0.15, 0.2) is 76.0 Å². The zero-order valence-corrected chi connectivity index (χ0v) is 26.4. The van der Waals surface area contributed by atoms with Crippen LogP contribution in [0, 0.1) is 5.82 Å². The van der Waals surface area contributed by atoms with Crippen LogP contribution in [-0.2, 0) is 17.3 Å². The number of benzene rings is 2. The van der Waals surface area contributed by atoms with Crippen LogP contribution in [0.25, 0.3) is 22.2 Å². The zero-order valence-electron chi connectivity index (χ0n) is 24.8. The summed E-state index contributed by atoms with van der Waals surface area (Å²) in [5, 5.41) is 9.83. The van der Waals surface area contributed by atoms with Gasteiger partial charge in [0.15, 0.2) is 0 Å². The monoisotopic (exact) mass is 631 g/mol. The van der Waals surface area contributed by atoms with Crippen molar-refractivity contribution in [3.05, 3.63) is 87.5 Å². The van der Waals surface area contributed by atoms with Crippen molar-refractivity contribution in [2.24, 2.45) is 0 Å². The molecule has 1 aliphatic rings. The van der Waals surface area contributed by atoms with Gasteiger partial charge in [-0.2, -0.15) is 4.98 Å². The Hall–Kier alpha value is -4.00. The van der Waals surface area contributed by atoms with Gasteiger partial charge in [-0.15, -0.1) is 11.3 Å². The minimum absolute atomic E-state index is 0.130. The SMILES string of the molecule is CC(C)S(=O)c1ccc(-c2cc3cnc(Nc4ccc(NC5CCCN(C)C5)cc4)nc3n(Cc3nccs3)c2=O)c(F)c1. The molecule has 2 N–H and O–H groups in total. The molecule has 2 atom stereocenters. The molecular weight excluding hydrogens is 598 g/mol. The number of nitrogens with one attached hydrogen (secondary N) is 2. The normalized spacial score (nSPS) is 16.3. The van der Waals surface area contributed by atoms with Crippen LogP contribution in [0.5, 0.6) is 0 Å². The van der Waals surface area contributed by atoms with Gasteiger partial charge in [0.05, 0.1) is 22.9 Å². The number of nitrogens with zero attached hydrogens (tertiary/aromatic N) is 5. The van der Waals surface area contributed by atoms with Gasteiger partial charge in [0, 0.05) is 62.8 Å². The van der Waals surface area contributed by atoms with E-state index in [0.29, 0.717) is 32.9 Å². The molecule has 1 saturated heterocycles. The van der Waals surface area contributed by atoms with E-state index in [9.17, 15) is 9.00 Å². The van der Waals surface area contributed by atoms with Gasteiger partial charge in [0.1, 0.15) is 16.5 Å². The van der Waals surface area contributed by atoms with E-state index in [1.54, 1.807) is 24.5 Å². The summed E-state index contributed by atoms with van der Waals surface area (Å²) in [4.78, 5) is 30.2. The molecule has 44 heavy (non-hydrogen) atoms. The fourth-order valence-electron chi connectivity index (χ4n) is 5.44. The molecule has 0 bridgehead atoms. The van der Waals surface area contributed by atoms with Gasteiger partial charge in [0.2, 0.25) is 5.95 Å².